The molecule has 1 aromatic rings. The molecule has 1 N–H and O–H groups in total. The Morgan fingerprint density at radius 2 is 2.28 bits per heavy atom. The monoisotopic (exact) mass is 253 g/mol. The highest BCUT2D eigenvalue weighted by atomic mass is 19.1. The van der Waals surface area contributed by atoms with Crippen LogP contribution in [-0.4, -0.2) is 53.2 Å². The van der Waals surface area contributed by atoms with Crippen molar-refractivity contribution in [3.63, 3.8) is 0 Å². The average Bonchev–Trinajstić information content (AvgIpc) is 2.51. The van der Waals surface area contributed by atoms with Gasteiger partial charge in [0, 0.05) is 39.3 Å². The van der Waals surface area contributed by atoms with Gasteiger partial charge in [-0.25, -0.2) is 4.39 Å². The number of aliphatic hydroxyl groups excluding tert-OH is 1. The van der Waals surface area contributed by atoms with Crippen LogP contribution in [0.1, 0.15) is 6.92 Å². The molecule has 1 amide bonds. The Morgan fingerprint density at radius 1 is 1.50 bits per heavy atom. The van der Waals surface area contributed by atoms with Crippen molar-refractivity contribution in [3.05, 3.63) is 24.3 Å². The minimum Gasteiger partial charge on any atom is -0.389 e. The first kappa shape index (κ1) is 12.8. The highest BCUT2D eigenvalue weighted by Crippen LogP contribution is 2.19. The van der Waals surface area contributed by atoms with E-state index in [-0.39, 0.29) is 5.91 Å². The number of carbonyl (C=O) groups is 1. The molecule has 1 atom stereocenters. The lowest BCUT2D eigenvalue weighted by Gasteiger charge is -2.23. The van der Waals surface area contributed by atoms with Gasteiger partial charge in [0.15, 0.2) is 5.82 Å². The van der Waals surface area contributed by atoms with Crippen molar-refractivity contribution in [3.8, 4) is 0 Å². The number of amides is 1. The van der Waals surface area contributed by atoms with Gasteiger partial charge in [-0.2, -0.15) is 0 Å². The van der Waals surface area contributed by atoms with E-state index in [0.717, 1.165) is 6.20 Å². The molecule has 0 spiro atoms. The van der Waals surface area contributed by atoms with Crippen LogP contribution in [0.15, 0.2) is 18.5 Å². The maximum absolute atomic E-state index is 13.6. The molecule has 5 nitrogen and oxygen atoms in total. The Balaban J connectivity index is 2.16. The molecule has 2 rings (SSSR count). The van der Waals surface area contributed by atoms with E-state index in [4.69, 9.17) is 0 Å². The minimum absolute atomic E-state index is 0.0777. The van der Waals surface area contributed by atoms with E-state index in [2.05, 4.69) is 4.98 Å². The SMILES string of the molecule is CC(=O)N1CCN(c2ccncc2F)CC(O)C1. The van der Waals surface area contributed by atoms with Crippen LogP contribution in [0, 0.1) is 5.82 Å². The van der Waals surface area contributed by atoms with Gasteiger partial charge in [-0.3, -0.25) is 9.78 Å². The van der Waals surface area contributed by atoms with E-state index in [1.165, 1.54) is 13.1 Å². The molecule has 1 aromatic heterocycles. The van der Waals surface area contributed by atoms with Crippen LogP contribution in [0.25, 0.3) is 0 Å². The highest BCUT2D eigenvalue weighted by Gasteiger charge is 2.24. The molecule has 1 aliphatic rings. The van der Waals surface area contributed by atoms with Crippen LogP contribution in [0.3, 0.4) is 0 Å². The summed E-state index contributed by atoms with van der Waals surface area (Å²) in [4.78, 5) is 18.3. The molecule has 2 heterocycles. The standard InChI is InChI=1S/C12H16FN3O2/c1-9(17)15-4-5-16(8-10(18)7-15)12-2-3-14-6-11(12)13/h2-3,6,10,18H,4-5,7-8H2,1H3. The van der Waals surface area contributed by atoms with Gasteiger partial charge in [0.05, 0.1) is 18.0 Å². The number of β-amino-alcohol motifs (C(OH)–C–C–N with tert-alkyl or cyclic N) is 1. The van der Waals surface area contributed by atoms with Crippen molar-refractivity contribution < 1.29 is 14.3 Å². The first-order valence-corrected chi connectivity index (χ1v) is 5.86. The summed E-state index contributed by atoms with van der Waals surface area (Å²) in [5.41, 5.74) is 0.412. The first-order valence-electron chi connectivity index (χ1n) is 5.86. The zero-order valence-corrected chi connectivity index (χ0v) is 10.2. The lowest BCUT2D eigenvalue weighted by atomic mass is 10.3. The Bertz CT molecular complexity index is 441. The van der Waals surface area contributed by atoms with Gasteiger partial charge in [0.1, 0.15) is 0 Å². The topological polar surface area (TPSA) is 56.7 Å². The smallest absolute Gasteiger partial charge is 0.219 e. The lowest BCUT2D eigenvalue weighted by molar-refractivity contribution is -0.129. The second-order valence-electron chi connectivity index (χ2n) is 4.39. The Morgan fingerprint density at radius 3 is 2.94 bits per heavy atom. The van der Waals surface area contributed by atoms with Crippen LogP contribution in [0.4, 0.5) is 10.1 Å². The molecule has 6 heteroatoms. The van der Waals surface area contributed by atoms with Gasteiger partial charge < -0.3 is 14.9 Å². The van der Waals surface area contributed by atoms with E-state index in [1.54, 1.807) is 15.9 Å². The number of pyridine rings is 1. The maximum Gasteiger partial charge on any atom is 0.219 e. The summed E-state index contributed by atoms with van der Waals surface area (Å²) in [7, 11) is 0. The van der Waals surface area contributed by atoms with Gasteiger partial charge >= 0.3 is 0 Å². The molecule has 0 radical (unpaired) electrons. The van der Waals surface area contributed by atoms with Crippen molar-refractivity contribution >= 4 is 11.6 Å². The fourth-order valence-electron chi connectivity index (χ4n) is 2.12. The second-order valence-corrected chi connectivity index (χ2v) is 4.39. The number of aromatic nitrogens is 1. The summed E-state index contributed by atoms with van der Waals surface area (Å²) in [5, 5.41) is 9.86. The number of rotatable bonds is 1. The average molecular weight is 253 g/mol. The number of hydrogen-bond donors (Lipinski definition) is 1. The summed E-state index contributed by atoms with van der Waals surface area (Å²) in [5.74, 6) is -0.493. The largest absolute Gasteiger partial charge is 0.389 e. The highest BCUT2D eigenvalue weighted by molar-refractivity contribution is 5.73. The third kappa shape index (κ3) is 2.76. The van der Waals surface area contributed by atoms with Crippen molar-refractivity contribution in [2.45, 2.75) is 13.0 Å². The van der Waals surface area contributed by atoms with Crippen molar-refractivity contribution in [1.29, 1.82) is 0 Å². The summed E-state index contributed by atoms with van der Waals surface area (Å²) in [6, 6.07) is 1.57. The Hall–Kier alpha value is -1.69. The molecular weight excluding hydrogens is 237 g/mol. The molecule has 1 unspecified atom stereocenters. The number of nitrogens with zero attached hydrogens (tertiary/aromatic N) is 3. The number of aliphatic hydroxyl groups is 1. The summed E-state index contributed by atoms with van der Waals surface area (Å²) in [6.45, 7) is 3.05. The van der Waals surface area contributed by atoms with Crippen LogP contribution >= 0.6 is 0 Å². The van der Waals surface area contributed by atoms with E-state index in [1.807, 2.05) is 0 Å². The second kappa shape index (κ2) is 5.30. The van der Waals surface area contributed by atoms with Gasteiger partial charge in [0.2, 0.25) is 5.91 Å². The van der Waals surface area contributed by atoms with Gasteiger partial charge in [0.25, 0.3) is 0 Å². The summed E-state index contributed by atoms with van der Waals surface area (Å²) < 4.78 is 13.6. The molecule has 0 aromatic carbocycles. The molecule has 0 bridgehead atoms. The van der Waals surface area contributed by atoms with E-state index >= 15 is 0 Å². The zero-order chi connectivity index (χ0) is 13.1. The third-order valence-electron chi connectivity index (χ3n) is 3.04. The normalized spacial score (nSPS) is 20.7. The van der Waals surface area contributed by atoms with E-state index in [0.29, 0.717) is 31.9 Å². The Kier molecular flexibility index (Phi) is 3.76. The van der Waals surface area contributed by atoms with Crippen LogP contribution in [-0.2, 0) is 4.79 Å². The minimum atomic E-state index is -0.677. The predicted octanol–water partition coefficient (Wildman–Crippen LogP) is 0.250. The number of halogens is 1. The fraction of sp³-hybridized carbons (Fsp3) is 0.500. The molecular formula is C12H16FN3O2. The predicted molar refractivity (Wildman–Crippen MR) is 64.7 cm³/mol. The third-order valence-corrected chi connectivity index (χ3v) is 3.04. The summed E-state index contributed by atoms with van der Waals surface area (Å²) >= 11 is 0. The quantitative estimate of drug-likeness (QED) is 0.779. The molecule has 0 aliphatic carbocycles. The van der Waals surface area contributed by atoms with Crippen molar-refractivity contribution in [1.82, 2.24) is 9.88 Å². The number of carbonyl (C=O) groups excluding carboxylic acids is 1. The molecule has 0 saturated carbocycles. The van der Waals surface area contributed by atoms with E-state index < -0.39 is 11.9 Å². The van der Waals surface area contributed by atoms with Gasteiger partial charge in [-0.1, -0.05) is 0 Å². The lowest BCUT2D eigenvalue weighted by Crippen LogP contribution is -2.36. The van der Waals surface area contributed by atoms with Gasteiger partial charge in [-0.05, 0) is 6.07 Å². The van der Waals surface area contributed by atoms with Crippen molar-refractivity contribution in [2.75, 3.05) is 31.1 Å². The molecule has 1 fully saturated rings. The molecule has 1 aliphatic heterocycles. The fourth-order valence-corrected chi connectivity index (χ4v) is 2.12. The molecule has 18 heavy (non-hydrogen) atoms. The van der Waals surface area contributed by atoms with Crippen LogP contribution < -0.4 is 4.90 Å². The van der Waals surface area contributed by atoms with Crippen LogP contribution in [0.2, 0.25) is 0 Å². The molecule has 98 valence electrons. The Labute approximate surface area is 105 Å². The van der Waals surface area contributed by atoms with Crippen molar-refractivity contribution in [2.24, 2.45) is 0 Å². The number of anilines is 1. The molecule has 1 saturated heterocycles. The summed E-state index contributed by atoms with van der Waals surface area (Å²) in [6.07, 6.45) is 1.98. The van der Waals surface area contributed by atoms with Gasteiger partial charge in [-0.15, -0.1) is 0 Å². The maximum atomic E-state index is 13.6. The number of hydrogen-bond acceptors (Lipinski definition) is 4. The van der Waals surface area contributed by atoms with Crippen LogP contribution in [0.5, 0.6) is 0 Å². The zero-order valence-electron chi connectivity index (χ0n) is 10.2. The van der Waals surface area contributed by atoms with E-state index in [9.17, 15) is 14.3 Å². The first-order chi connectivity index (χ1) is 8.58.